The summed E-state index contributed by atoms with van der Waals surface area (Å²) in [6.45, 7) is 1.07. The van der Waals surface area contributed by atoms with Crippen LogP contribution in [-0.2, 0) is 9.47 Å². The third-order valence-electron chi connectivity index (χ3n) is 2.23. The molecule has 0 saturated heterocycles. The minimum atomic E-state index is -0.547. The normalized spacial score (nSPS) is 12.1. The van der Waals surface area contributed by atoms with Crippen molar-refractivity contribution >= 4 is 11.6 Å². The molecule has 0 aliphatic carbocycles. The summed E-state index contributed by atoms with van der Waals surface area (Å²) in [5.74, 6) is -0.547. The average Bonchev–Trinajstić information content (AvgIpc) is 2.34. The Bertz CT molecular complexity index is 371. The smallest absolute Gasteiger partial charge is 0.267 e. The summed E-state index contributed by atoms with van der Waals surface area (Å²) in [6, 6.07) is 3.35. The lowest BCUT2D eigenvalue weighted by Gasteiger charge is -2.15. The molecule has 6 heteroatoms. The van der Waals surface area contributed by atoms with Gasteiger partial charge in [0.2, 0.25) is 0 Å². The summed E-state index contributed by atoms with van der Waals surface area (Å²) in [5.41, 5.74) is 6.14. The summed E-state index contributed by atoms with van der Waals surface area (Å²) >= 11 is 0. The number of hydrogen-bond acceptors (Lipinski definition) is 5. The van der Waals surface area contributed by atoms with Crippen LogP contribution in [0.15, 0.2) is 18.3 Å². The lowest BCUT2D eigenvalue weighted by atomic mass is 10.3. The molecule has 6 nitrogen and oxygen atoms in total. The number of nitrogens with one attached hydrogen (secondary N) is 1. The highest BCUT2D eigenvalue weighted by Crippen LogP contribution is 2.08. The molecule has 0 aromatic carbocycles. The highest BCUT2D eigenvalue weighted by molar-refractivity contribution is 5.91. The highest BCUT2D eigenvalue weighted by atomic mass is 16.5. The van der Waals surface area contributed by atoms with Gasteiger partial charge in [0.25, 0.3) is 5.91 Å². The molecular formula is C11H17N3O3. The second-order valence-corrected chi connectivity index (χ2v) is 3.49. The molecule has 0 saturated carbocycles. The first-order chi connectivity index (χ1) is 8.17. The van der Waals surface area contributed by atoms with Crippen molar-refractivity contribution < 1.29 is 14.3 Å². The molecule has 3 N–H and O–H groups in total. The van der Waals surface area contributed by atoms with Crippen LogP contribution >= 0.6 is 0 Å². The summed E-state index contributed by atoms with van der Waals surface area (Å²) in [5, 5.41) is 3.12. The van der Waals surface area contributed by atoms with Gasteiger partial charge in [-0.1, -0.05) is 0 Å². The van der Waals surface area contributed by atoms with Crippen LogP contribution in [0, 0.1) is 0 Å². The van der Waals surface area contributed by atoms with Crippen molar-refractivity contribution in [2.75, 3.05) is 32.7 Å². The van der Waals surface area contributed by atoms with Crippen LogP contribution in [0.5, 0.6) is 0 Å². The Morgan fingerprint density at radius 1 is 1.59 bits per heavy atom. The summed E-state index contributed by atoms with van der Waals surface area (Å²) in [7, 11) is 3.23. The number of pyridine rings is 1. The van der Waals surface area contributed by atoms with Crippen LogP contribution < -0.4 is 11.1 Å². The van der Waals surface area contributed by atoms with Crippen molar-refractivity contribution in [1.82, 2.24) is 4.98 Å². The van der Waals surface area contributed by atoms with Crippen molar-refractivity contribution in [2.45, 2.75) is 6.10 Å². The number of primary amides is 1. The van der Waals surface area contributed by atoms with Gasteiger partial charge in [-0.05, 0) is 12.1 Å². The van der Waals surface area contributed by atoms with E-state index in [1.807, 2.05) is 0 Å². The van der Waals surface area contributed by atoms with Crippen LogP contribution in [0.1, 0.15) is 10.5 Å². The zero-order chi connectivity index (χ0) is 12.7. The van der Waals surface area contributed by atoms with E-state index >= 15 is 0 Å². The Labute approximate surface area is 100 Å². The quantitative estimate of drug-likeness (QED) is 0.712. The molecule has 1 rings (SSSR count). The fourth-order valence-electron chi connectivity index (χ4n) is 1.30. The van der Waals surface area contributed by atoms with Crippen LogP contribution in [-0.4, -0.2) is 44.4 Å². The van der Waals surface area contributed by atoms with E-state index < -0.39 is 5.91 Å². The standard InChI is InChI=1S/C11H17N3O3/c1-16-7-9(17-2)6-14-8-3-4-13-10(5-8)11(12)15/h3-5,9H,6-7H2,1-2H3,(H2,12,15)(H,13,14). The molecule has 0 aliphatic rings. The largest absolute Gasteiger partial charge is 0.382 e. The maximum atomic E-state index is 10.9. The molecule has 94 valence electrons. The number of ether oxygens (including phenoxy) is 2. The van der Waals surface area contributed by atoms with E-state index in [1.165, 1.54) is 6.20 Å². The lowest BCUT2D eigenvalue weighted by Crippen LogP contribution is -2.26. The van der Waals surface area contributed by atoms with Crippen LogP contribution in [0.4, 0.5) is 5.69 Å². The van der Waals surface area contributed by atoms with E-state index in [2.05, 4.69) is 10.3 Å². The number of methoxy groups -OCH3 is 2. The molecule has 0 bridgehead atoms. The number of carbonyl (C=O) groups is 1. The number of aromatic nitrogens is 1. The summed E-state index contributed by atoms with van der Waals surface area (Å²) < 4.78 is 10.2. The van der Waals surface area contributed by atoms with E-state index in [9.17, 15) is 4.79 Å². The number of amides is 1. The van der Waals surface area contributed by atoms with Crippen molar-refractivity contribution in [1.29, 1.82) is 0 Å². The average molecular weight is 239 g/mol. The number of anilines is 1. The Morgan fingerprint density at radius 3 is 2.94 bits per heavy atom. The number of nitrogens with zero attached hydrogens (tertiary/aromatic N) is 1. The first-order valence-electron chi connectivity index (χ1n) is 5.18. The SMILES string of the molecule is COCC(CNc1ccnc(C(N)=O)c1)OC. The minimum Gasteiger partial charge on any atom is -0.382 e. The van der Waals surface area contributed by atoms with Gasteiger partial charge < -0.3 is 20.5 Å². The maximum Gasteiger partial charge on any atom is 0.267 e. The molecule has 1 heterocycles. The van der Waals surface area contributed by atoms with E-state index in [0.717, 1.165) is 5.69 Å². The fraction of sp³-hybridized carbons (Fsp3) is 0.455. The zero-order valence-corrected chi connectivity index (χ0v) is 9.97. The summed E-state index contributed by atoms with van der Waals surface area (Å²) in [6.07, 6.45) is 1.48. The second-order valence-electron chi connectivity index (χ2n) is 3.49. The molecule has 0 fully saturated rings. The van der Waals surface area contributed by atoms with Gasteiger partial charge >= 0.3 is 0 Å². The first-order valence-corrected chi connectivity index (χ1v) is 5.18. The minimum absolute atomic E-state index is 0.0507. The predicted octanol–water partition coefficient (Wildman–Crippen LogP) is 0.254. The van der Waals surface area contributed by atoms with E-state index in [1.54, 1.807) is 26.4 Å². The monoisotopic (exact) mass is 239 g/mol. The molecule has 17 heavy (non-hydrogen) atoms. The van der Waals surface area contributed by atoms with Gasteiger partial charge in [-0.25, -0.2) is 0 Å². The third-order valence-corrected chi connectivity index (χ3v) is 2.23. The molecule has 1 amide bonds. The van der Waals surface area contributed by atoms with Crippen molar-refractivity contribution in [3.63, 3.8) is 0 Å². The van der Waals surface area contributed by atoms with E-state index in [4.69, 9.17) is 15.2 Å². The molecule has 1 aromatic rings. The summed E-state index contributed by atoms with van der Waals surface area (Å²) in [4.78, 5) is 14.8. The number of rotatable bonds is 7. The molecule has 1 aromatic heterocycles. The molecule has 0 aliphatic heterocycles. The molecule has 0 radical (unpaired) electrons. The fourth-order valence-corrected chi connectivity index (χ4v) is 1.30. The Kier molecular flexibility index (Phi) is 5.38. The van der Waals surface area contributed by atoms with Crippen LogP contribution in [0.2, 0.25) is 0 Å². The van der Waals surface area contributed by atoms with E-state index in [0.29, 0.717) is 13.2 Å². The number of nitrogens with two attached hydrogens (primary N) is 1. The van der Waals surface area contributed by atoms with Gasteiger partial charge in [-0.2, -0.15) is 0 Å². The number of hydrogen-bond donors (Lipinski definition) is 2. The second kappa shape index (κ2) is 6.82. The predicted molar refractivity (Wildman–Crippen MR) is 63.9 cm³/mol. The van der Waals surface area contributed by atoms with Crippen molar-refractivity contribution in [2.24, 2.45) is 5.73 Å². The van der Waals surface area contributed by atoms with Gasteiger partial charge in [-0.15, -0.1) is 0 Å². The Hall–Kier alpha value is -1.66. The van der Waals surface area contributed by atoms with Crippen LogP contribution in [0.25, 0.3) is 0 Å². The van der Waals surface area contributed by atoms with E-state index in [-0.39, 0.29) is 11.8 Å². The van der Waals surface area contributed by atoms with Crippen LogP contribution in [0.3, 0.4) is 0 Å². The van der Waals surface area contributed by atoms with Crippen molar-refractivity contribution in [3.05, 3.63) is 24.0 Å². The number of carbonyl (C=O) groups excluding carboxylic acids is 1. The molecule has 0 spiro atoms. The molecular weight excluding hydrogens is 222 g/mol. The zero-order valence-electron chi connectivity index (χ0n) is 9.97. The molecule has 1 atom stereocenters. The highest BCUT2D eigenvalue weighted by Gasteiger charge is 2.07. The van der Waals surface area contributed by atoms with Gasteiger partial charge in [0.1, 0.15) is 5.69 Å². The maximum absolute atomic E-state index is 10.9. The van der Waals surface area contributed by atoms with Gasteiger partial charge in [0.05, 0.1) is 12.7 Å². The molecule has 1 unspecified atom stereocenters. The third kappa shape index (κ3) is 4.38. The Morgan fingerprint density at radius 2 is 2.35 bits per heavy atom. The van der Waals surface area contributed by atoms with Crippen molar-refractivity contribution in [3.8, 4) is 0 Å². The van der Waals surface area contributed by atoms with Gasteiger partial charge in [0.15, 0.2) is 0 Å². The van der Waals surface area contributed by atoms with Gasteiger partial charge in [-0.3, -0.25) is 9.78 Å². The Balaban J connectivity index is 2.56. The van der Waals surface area contributed by atoms with Gasteiger partial charge in [0, 0.05) is 32.6 Å². The topological polar surface area (TPSA) is 86.5 Å². The lowest BCUT2D eigenvalue weighted by molar-refractivity contribution is 0.0365. The first kappa shape index (κ1) is 13.4.